The molecule has 1 heterocycles. The zero-order valence-corrected chi connectivity index (χ0v) is 8.58. The van der Waals surface area contributed by atoms with Gasteiger partial charge in [-0.15, -0.1) is 11.3 Å². The molecule has 3 heteroatoms. The smallest absolute Gasteiger partial charge is 0.0798 e. The molecule has 1 aromatic heterocycles. The Kier molecular flexibility index (Phi) is 4.25. The lowest BCUT2D eigenvalue weighted by Gasteiger charge is -2.00. The van der Waals surface area contributed by atoms with E-state index in [1.54, 1.807) is 11.3 Å². The van der Waals surface area contributed by atoms with E-state index in [0.717, 1.165) is 19.5 Å². The van der Waals surface area contributed by atoms with Gasteiger partial charge in [-0.3, -0.25) is 0 Å². The Hall–Kier alpha value is -0.410. The number of hydrogen-bond acceptors (Lipinski definition) is 3. The number of thiazole rings is 1. The van der Waals surface area contributed by atoms with Crippen LogP contribution in [-0.4, -0.2) is 11.5 Å². The van der Waals surface area contributed by atoms with Gasteiger partial charge in [0, 0.05) is 11.4 Å². The summed E-state index contributed by atoms with van der Waals surface area (Å²) in [5, 5.41) is 3.32. The highest BCUT2D eigenvalue weighted by atomic mass is 32.1. The molecule has 0 aliphatic rings. The second-order valence-corrected chi connectivity index (χ2v) is 3.69. The molecule has 0 fully saturated rings. The summed E-state index contributed by atoms with van der Waals surface area (Å²) >= 11 is 1.76. The summed E-state index contributed by atoms with van der Waals surface area (Å²) in [7, 11) is 0. The molecule has 68 valence electrons. The van der Waals surface area contributed by atoms with E-state index in [1.807, 2.05) is 5.51 Å². The molecule has 0 aromatic carbocycles. The Morgan fingerprint density at radius 3 is 3.00 bits per heavy atom. The molecule has 1 rings (SSSR count). The van der Waals surface area contributed by atoms with Gasteiger partial charge in [0.05, 0.1) is 11.2 Å². The van der Waals surface area contributed by atoms with E-state index in [4.69, 9.17) is 0 Å². The van der Waals surface area contributed by atoms with E-state index in [0.29, 0.717) is 0 Å². The van der Waals surface area contributed by atoms with Crippen LogP contribution in [0.25, 0.3) is 0 Å². The normalized spacial score (nSPS) is 10.5. The highest BCUT2D eigenvalue weighted by Gasteiger charge is 2.03. The summed E-state index contributed by atoms with van der Waals surface area (Å²) in [6.07, 6.45) is 2.30. The van der Waals surface area contributed by atoms with Crippen LogP contribution in [0.4, 0.5) is 0 Å². The quantitative estimate of drug-likeness (QED) is 0.759. The van der Waals surface area contributed by atoms with Crippen molar-refractivity contribution < 1.29 is 0 Å². The van der Waals surface area contributed by atoms with Crippen LogP contribution < -0.4 is 5.32 Å². The second kappa shape index (κ2) is 5.27. The van der Waals surface area contributed by atoms with Crippen LogP contribution in [-0.2, 0) is 13.0 Å². The molecular formula is C9H16N2S. The summed E-state index contributed by atoms with van der Waals surface area (Å²) in [6, 6.07) is 0. The number of hydrogen-bond donors (Lipinski definition) is 1. The maximum atomic E-state index is 4.34. The summed E-state index contributed by atoms with van der Waals surface area (Å²) in [4.78, 5) is 5.74. The molecule has 2 nitrogen and oxygen atoms in total. The Bertz CT molecular complexity index is 220. The lowest BCUT2D eigenvalue weighted by atomic mass is 10.2. The summed E-state index contributed by atoms with van der Waals surface area (Å²) in [5.41, 5.74) is 3.22. The average Bonchev–Trinajstić information content (AvgIpc) is 2.50. The SMILES string of the molecule is CCCc1ncsc1CNCC. The first-order chi connectivity index (χ1) is 5.88. The van der Waals surface area contributed by atoms with Gasteiger partial charge in [-0.25, -0.2) is 4.98 Å². The van der Waals surface area contributed by atoms with Crippen LogP contribution in [0.15, 0.2) is 5.51 Å². The van der Waals surface area contributed by atoms with Crippen LogP contribution in [0, 0.1) is 0 Å². The molecule has 0 amide bonds. The van der Waals surface area contributed by atoms with Crippen LogP contribution in [0.2, 0.25) is 0 Å². The van der Waals surface area contributed by atoms with Crippen molar-refractivity contribution in [2.24, 2.45) is 0 Å². The highest BCUT2D eigenvalue weighted by Crippen LogP contribution is 2.14. The van der Waals surface area contributed by atoms with Gasteiger partial charge >= 0.3 is 0 Å². The van der Waals surface area contributed by atoms with Gasteiger partial charge in [-0.2, -0.15) is 0 Å². The van der Waals surface area contributed by atoms with Gasteiger partial charge in [-0.05, 0) is 13.0 Å². The number of nitrogens with zero attached hydrogens (tertiary/aromatic N) is 1. The van der Waals surface area contributed by atoms with Crippen LogP contribution >= 0.6 is 11.3 Å². The molecule has 0 aliphatic heterocycles. The third-order valence-corrected chi connectivity index (χ3v) is 2.62. The Morgan fingerprint density at radius 2 is 2.33 bits per heavy atom. The predicted octanol–water partition coefficient (Wildman–Crippen LogP) is 2.21. The number of rotatable bonds is 5. The van der Waals surface area contributed by atoms with Gasteiger partial charge in [0.2, 0.25) is 0 Å². The van der Waals surface area contributed by atoms with Crippen molar-refractivity contribution in [3.05, 3.63) is 16.1 Å². The zero-order valence-electron chi connectivity index (χ0n) is 7.76. The fourth-order valence-corrected chi connectivity index (χ4v) is 1.90. The first kappa shape index (κ1) is 9.68. The molecule has 0 saturated carbocycles. The molecule has 0 bridgehead atoms. The Balaban J connectivity index is 2.51. The van der Waals surface area contributed by atoms with Gasteiger partial charge in [-0.1, -0.05) is 20.3 Å². The fraction of sp³-hybridized carbons (Fsp3) is 0.667. The maximum absolute atomic E-state index is 4.34. The van der Waals surface area contributed by atoms with Crippen molar-refractivity contribution in [1.29, 1.82) is 0 Å². The molecular weight excluding hydrogens is 168 g/mol. The van der Waals surface area contributed by atoms with E-state index in [9.17, 15) is 0 Å². The molecule has 0 atom stereocenters. The van der Waals surface area contributed by atoms with E-state index >= 15 is 0 Å². The lowest BCUT2D eigenvalue weighted by Crippen LogP contribution is -2.11. The van der Waals surface area contributed by atoms with Gasteiger partial charge in [0.25, 0.3) is 0 Å². The Morgan fingerprint density at radius 1 is 1.50 bits per heavy atom. The number of nitrogens with one attached hydrogen (secondary N) is 1. The fourth-order valence-electron chi connectivity index (χ4n) is 1.12. The van der Waals surface area contributed by atoms with E-state index in [1.165, 1.54) is 17.0 Å². The van der Waals surface area contributed by atoms with Crippen LogP contribution in [0.3, 0.4) is 0 Å². The molecule has 0 aliphatic carbocycles. The van der Waals surface area contributed by atoms with Crippen molar-refractivity contribution in [3.8, 4) is 0 Å². The van der Waals surface area contributed by atoms with Crippen LogP contribution in [0.5, 0.6) is 0 Å². The Labute approximate surface area is 78.0 Å². The van der Waals surface area contributed by atoms with Gasteiger partial charge < -0.3 is 5.32 Å². The molecule has 0 spiro atoms. The molecule has 0 radical (unpaired) electrons. The topological polar surface area (TPSA) is 24.9 Å². The summed E-state index contributed by atoms with van der Waals surface area (Å²) in [5.74, 6) is 0. The van der Waals surface area contributed by atoms with Crippen molar-refractivity contribution in [1.82, 2.24) is 10.3 Å². The van der Waals surface area contributed by atoms with E-state index in [2.05, 4.69) is 24.1 Å². The van der Waals surface area contributed by atoms with Gasteiger partial charge in [0.15, 0.2) is 0 Å². The van der Waals surface area contributed by atoms with E-state index in [-0.39, 0.29) is 0 Å². The lowest BCUT2D eigenvalue weighted by molar-refractivity contribution is 0.723. The third kappa shape index (κ3) is 2.57. The minimum absolute atomic E-state index is 0.983. The van der Waals surface area contributed by atoms with Crippen LogP contribution in [0.1, 0.15) is 30.8 Å². The minimum Gasteiger partial charge on any atom is -0.312 e. The summed E-state index contributed by atoms with van der Waals surface area (Å²) < 4.78 is 0. The van der Waals surface area contributed by atoms with E-state index < -0.39 is 0 Å². The van der Waals surface area contributed by atoms with Crippen molar-refractivity contribution in [2.45, 2.75) is 33.2 Å². The predicted molar refractivity (Wildman–Crippen MR) is 53.5 cm³/mol. The zero-order chi connectivity index (χ0) is 8.81. The highest BCUT2D eigenvalue weighted by molar-refractivity contribution is 7.09. The molecule has 0 unspecified atom stereocenters. The number of aromatic nitrogens is 1. The standard InChI is InChI=1S/C9H16N2S/c1-3-5-8-9(6-10-4-2)12-7-11-8/h7,10H,3-6H2,1-2H3. The largest absolute Gasteiger partial charge is 0.312 e. The van der Waals surface area contributed by atoms with Crippen molar-refractivity contribution in [2.75, 3.05) is 6.54 Å². The number of aryl methyl sites for hydroxylation is 1. The molecule has 1 aromatic rings. The average molecular weight is 184 g/mol. The first-order valence-electron chi connectivity index (χ1n) is 4.50. The third-order valence-electron chi connectivity index (χ3n) is 1.75. The minimum atomic E-state index is 0.983. The molecule has 1 N–H and O–H groups in total. The van der Waals surface area contributed by atoms with Gasteiger partial charge in [0.1, 0.15) is 0 Å². The molecule has 0 saturated heterocycles. The summed E-state index contributed by atoms with van der Waals surface area (Å²) in [6.45, 7) is 6.33. The van der Waals surface area contributed by atoms with Crippen molar-refractivity contribution in [3.63, 3.8) is 0 Å². The first-order valence-corrected chi connectivity index (χ1v) is 5.38. The van der Waals surface area contributed by atoms with Crippen molar-refractivity contribution >= 4 is 11.3 Å². The maximum Gasteiger partial charge on any atom is 0.0798 e. The second-order valence-electron chi connectivity index (χ2n) is 2.75. The molecule has 12 heavy (non-hydrogen) atoms. The monoisotopic (exact) mass is 184 g/mol.